The number of carbonyl (C=O) groups excluding carboxylic acids is 2. The lowest BCUT2D eigenvalue weighted by Gasteiger charge is -2.19. The number of rotatable bonds is 23. The van der Waals surface area contributed by atoms with Gasteiger partial charge in [-0.1, -0.05) is 129 Å². The van der Waals surface area contributed by atoms with Crippen LogP contribution in [0.2, 0.25) is 0 Å². The minimum absolute atomic E-state index is 0.00880. The van der Waals surface area contributed by atoms with E-state index in [1.54, 1.807) is 17.7 Å². The molecule has 3 heteroatoms. The molecule has 1 aliphatic rings. The molecule has 0 aromatic heterocycles. The smallest absolute Gasteiger partial charge is 0.200 e. The summed E-state index contributed by atoms with van der Waals surface area (Å²) in [7, 11) is 0. The molecule has 1 aromatic rings. The summed E-state index contributed by atoms with van der Waals surface area (Å²) in [5.74, 6) is 1.67. The maximum atomic E-state index is 13.1. The highest BCUT2D eigenvalue weighted by Gasteiger charge is 2.30. The molecule has 0 N–H and O–H groups in total. The van der Waals surface area contributed by atoms with Gasteiger partial charge in [0, 0.05) is 16.7 Å². The van der Waals surface area contributed by atoms with Gasteiger partial charge in [-0.2, -0.15) is 0 Å². The lowest BCUT2D eigenvalue weighted by molar-refractivity contribution is 0.0980. The van der Waals surface area contributed by atoms with Crippen molar-refractivity contribution >= 4 is 23.3 Å². The number of Topliss-reactive ketones (excluding diaryl/α,β-unsaturated/α-hetero) is 2. The van der Waals surface area contributed by atoms with Crippen LogP contribution in [-0.4, -0.2) is 17.8 Å². The van der Waals surface area contributed by atoms with Gasteiger partial charge in [-0.15, -0.1) is 11.8 Å². The molecule has 0 fully saturated rings. The van der Waals surface area contributed by atoms with Crippen molar-refractivity contribution in [1.82, 2.24) is 0 Å². The van der Waals surface area contributed by atoms with Crippen molar-refractivity contribution in [1.29, 1.82) is 0 Å². The number of carbonyl (C=O) groups is 2. The van der Waals surface area contributed by atoms with E-state index in [1.807, 2.05) is 18.4 Å². The molecule has 270 valence electrons. The van der Waals surface area contributed by atoms with E-state index in [4.69, 9.17) is 0 Å². The van der Waals surface area contributed by atoms with Crippen LogP contribution < -0.4 is 0 Å². The molecule has 0 aliphatic heterocycles. The van der Waals surface area contributed by atoms with Gasteiger partial charge in [-0.25, -0.2) is 0 Å². The fourth-order valence-corrected chi connectivity index (χ4v) is 7.24. The maximum absolute atomic E-state index is 13.1. The lowest BCUT2D eigenvalue weighted by Crippen LogP contribution is -2.20. The van der Waals surface area contributed by atoms with Gasteiger partial charge < -0.3 is 0 Å². The zero-order valence-electron chi connectivity index (χ0n) is 32.7. The summed E-state index contributed by atoms with van der Waals surface area (Å²) >= 11 is 1.39. The van der Waals surface area contributed by atoms with Gasteiger partial charge in [0.1, 0.15) is 0 Å². The summed E-state index contributed by atoms with van der Waals surface area (Å²) < 4.78 is 0. The third-order valence-electron chi connectivity index (χ3n) is 9.90. The highest BCUT2D eigenvalue weighted by Crippen LogP contribution is 2.33. The maximum Gasteiger partial charge on any atom is 0.200 e. The number of hydrogen-bond acceptors (Lipinski definition) is 3. The van der Waals surface area contributed by atoms with E-state index in [9.17, 15) is 9.59 Å². The Morgan fingerprint density at radius 2 is 1.02 bits per heavy atom. The van der Waals surface area contributed by atoms with Crippen LogP contribution in [0, 0.1) is 11.8 Å². The molecule has 2 nitrogen and oxygen atoms in total. The number of ketones is 2. The number of fused-ring (bicyclic) bond motifs is 1. The Morgan fingerprint density at radius 3 is 1.49 bits per heavy atom. The van der Waals surface area contributed by atoms with Crippen molar-refractivity contribution in [2.75, 3.05) is 6.26 Å². The van der Waals surface area contributed by atoms with E-state index >= 15 is 0 Å². The van der Waals surface area contributed by atoms with Gasteiger partial charge in [-0.05, 0) is 123 Å². The van der Waals surface area contributed by atoms with Crippen molar-refractivity contribution in [2.45, 2.75) is 152 Å². The third-order valence-corrected chi connectivity index (χ3v) is 10.7. The first-order valence-electron chi connectivity index (χ1n) is 19.2. The summed E-state index contributed by atoms with van der Waals surface area (Å²) in [5.41, 5.74) is 8.97. The van der Waals surface area contributed by atoms with E-state index < -0.39 is 0 Å². The Hall–Kier alpha value is -2.65. The van der Waals surface area contributed by atoms with Crippen LogP contribution in [0.5, 0.6) is 0 Å². The number of hydrogen-bond donors (Lipinski definition) is 0. The predicted octanol–water partition coefficient (Wildman–Crippen LogP) is 14.6. The Bertz CT molecular complexity index is 1390. The fourth-order valence-electron chi connectivity index (χ4n) is 6.53. The van der Waals surface area contributed by atoms with Crippen molar-refractivity contribution in [3.8, 4) is 0 Å². The van der Waals surface area contributed by atoms with E-state index in [0.29, 0.717) is 28.0 Å². The molecular formula is C46H68O2S. The monoisotopic (exact) mass is 684 g/mol. The Balaban J connectivity index is 1.65. The number of allylic oxidation sites excluding steroid dienone is 12. The second-order valence-corrected chi connectivity index (χ2v) is 16.0. The predicted molar refractivity (Wildman–Crippen MR) is 218 cm³/mol. The SMILES string of the molecule is CSC1=C(C/C=C(/C)CC/C=C(/C)CC/C=C(/C)CC/C=C(/C)CC/C=C(/C)CCC[C@@H](C)CCCC(C)C)C(=O)c2ccccc2C1=O. The van der Waals surface area contributed by atoms with Crippen LogP contribution in [0.15, 0.2) is 93.0 Å². The molecule has 2 rings (SSSR count). The molecule has 1 aromatic carbocycles. The first-order valence-corrected chi connectivity index (χ1v) is 20.4. The average molecular weight is 685 g/mol. The molecule has 0 bridgehead atoms. The van der Waals surface area contributed by atoms with Crippen molar-refractivity contribution in [2.24, 2.45) is 11.8 Å². The molecule has 49 heavy (non-hydrogen) atoms. The zero-order valence-corrected chi connectivity index (χ0v) is 33.5. The average Bonchev–Trinajstić information content (AvgIpc) is 3.05. The standard InChI is InChI=1S/C46H68O2S/c1-34(2)18-12-19-35(3)20-13-21-36(4)22-14-23-37(5)24-15-25-38(6)26-16-27-39(7)28-17-29-40(8)32-33-43-44(47)41-30-10-11-31-42(41)45(48)46(43)49-9/h10-11,22,24,26,28,30-32,34-35H,12-21,23,25,27,29,33H2,1-9H3/b36-22-,37-24-,38-26-,39-28-,40-32-/t35-/m0/s1. The van der Waals surface area contributed by atoms with Gasteiger partial charge in [0.05, 0.1) is 4.91 Å². The van der Waals surface area contributed by atoms with Gasteiger partial charge in [0.25, 0.3) is 0 Å². The largest absolute Gasteiger partial charge is 0.289 e. The van der Waals surface area contributed by atoms with Gasteiger partial charge in [-0.3, -0.25) is 9.59 Å². The third kappa shape index (κ3) is 16.7. The van der Waals surface area contributed by atoms with Crippen LogP contribution in [0.1, 0.15) is 172 Å². The molecule has 0 amide bonds. The van der Waals surface area contributed by atoms with Crippen molar-refractivity contribution < 1.29 is 9.59 Å². The summed E-state index contributed by atoms with van der Waals surface area (Å²) in [6.45, 7) is 18.3. The van der Waals surface area contributed by atoms with Crippen LogP contribution in [0.25, 0.3) is 0 Å². The quantitative estimate of drug-likeness (QED) is 0.108. The van der Waals surface area contributed by atoms with E-state index in [-0.39, 0.29) is 11.6 Å². The molecule has 0 spiro atoms. The molecule has 0 heterocycles. The van der Waals surface area contributed by atoms with Crippen LogP contribution in [0.4, 0.5) is 0 Å². The highest BCUT2D eigenvalue weighted by molar-refractivity contribution is 8.03. The number of benzene rings is 1. The van der Waals surface area contributed by atoms with E-state index in [0.717, 1.165) is 50.4 Å². The van der Waals surface area contributed by atoms with Crippen molar-refractivity contribution in [3.63, 3.8) is 0 Å². The topological polar surface area (TPSA) is 34.1 Å². The van der Waals surface area contributed by atoms with Gasteiger partial charge in [0.2, 0.25) is 5.78 Å². The molecule has 0 saturated carbocycles. The fraction of sp³-hybridized carbons (Fsp3) is 0.565. The first kappa shape index (κ1) is 42.5. The molecule has 0 saturated heterocycles. The van der Waals surface area contributed by atoms with E-state index in [2.05, 4.69) is 85.8 Å². The second-order valence-electron chi connectivity index (χ2n) is 15.1. The Morgan fingerprint density at radius 1 is 0.592 bits per heavy atom. The molecule has 0 unspecified atom stereocenters. The summed E-state index contributed by atoms with van der Waals surface area (Å²) in [5, 5.41) is 0. The minimum atomic E-state index is -0.0229. The molecule has 0 radical (unpaired) electrons. The van der Waals surface area contributed by atoms with E-state index in [1.165, 1.54) is 85.4 Å². The van der Waals surface area contributed by atoms with Gasteiger partial charge in [0.15, 0.2) is 5.78 Å². The molecular weight excluding hydrogens is 617 g/mol. The van der Waals surface area contributed by atoms with Crippen LogP contribution in [-0.2, 0) is 0 Å². The van der Waals surface area contributed by atoms with Crippen LogP contribution >= 0.6 is 11.8 Å². The summed E-state index contributed by atoms with van der Waals surface area (Å²) in [6.07, 6.45) is 31.1. The minimum Gasteiger partial charge on any atom is -0.289 e. The second kappa shape index (κ2) is 23.7. The highest BCUT2D eigenvalue weighted by atomic mass is 32.2. The number of thioether (sulfide) groups is 1. The zero-order chi connectivity index (χ0) is 36.2. The summed E-state index contributed by atoms with van der Waals surface area (Å²) in [4.78, 5) is 26.7. The molecule has 1 atom stereocenters. The summed E-state index contributed by atoms with van der Waals surface area (Å²) in [6, 6.07) is 7.18. The lowest BCUT2D eigenvalue weighted by atomic mass is 9.87. The van der Waals surface area contributed by atoms with Crippen LogP contribution in [0.3, 0.4) is 0 Å². The normalized spacial score (nSPS) is 15.8. The molecule has 1 aliphatic carbocycles. The Kier molecular flexibility index (Phi) is 20.6. The Labute approximate surface area is 305 Å². The van der Waals surface area contributed by atoms with Gasteiger partial charge >= 0.3 is 0 Å². The first-order chi connectivity index (χ1) is 23.4. The van der Waals surface area contributed by atoms with Crippen molar-refractivity contribution in [3.05, 3.63) is 104 Å².